The molecule has 0 bridgehead atoms. The first-order valence-corrected chi connectivity index (χ1v) is 7.41. The molecule has 3 rings (SSSR count). The summed E-state index contributed by atoms with van der Waals surface area (Å²) in [6.07, 6.45) is 5.08. The van der Waals surface area contributed by atoms with Gasteiger partial charge in [0.05, 0.1) is 11.7 Å². The molecule has 108 valence electrons. The molecule has 0 fully saturated rings. The van der Waals surface area contributed by atoms with Gasteiger partial charge in [-0.1, -0.05) is 12.1 Å². The van der Waals surface area contributed by atoms with E-state index in [9.17, 15) is 4.39 Å². The fraction of sp³-hybridized carbons (Fsp3) is 0.250. The van der Waals surface area contributed by atoms with Crippen LogP contribution in [-0.2, 0) is 19.4 Å². The number of aromatic nitrogens is 3. The zero-order valence-corrected chi connectivity index (χ0v) is 12.2. The molecule has 0 amide bonds. The predicted molar refractivity (Wildman–Crippen MR) is 82.1 cm³/mol. The number of alkyl halides is 1. The van der Waals surface area contributed by atoms with E-state index in [2.05, 4.69) is 14.5 Å². The molecule has 0 radical (unpaired) electrons. The maximum absolute atomic E-state index is 12.9. The molecule has 2 heterocycles. The van der Waals surface area contributed by atoms with Crippen molar-refractivity contribution in [3.63, 3.8) is 0 Å². The normalized spacial score (nSPS) is 11.1. The van der Waals surface area contributed by atoms with E-state index in [4.69, 9.17) is 11.6 Å². The largest absolute Gasteiger partial charge is 0.328 e. The molecular formula is C16H15ClFN3. The Bertz CT molecular complexity index is 737. The lowest BCUT2D eigenvalue weighted by molar-refractivity contribution is 0.625. The highest BCUT2D eigenvalue weighted by Gasteiger charge is 2.10. The fourth-order valence-electron chi connectivity index (χ4n) is 2.45. The van der Waals surface area contributed by atoms with E-state index in [0.29, 0.717) is 5.88 Å². The highest BCUT2D eigenvalue weighted by molar-refractivity contribution is 6.17. The molecule has 0 unspecified atom stereocenters. The molecule has 3 aromatic rings. The Morgan fingerprint density at radius 2 is 1.90 bits per heavy atom. The summed E-state index contributed by atoms with van der Waals surface area (Å²) in [6.45, 7) is 0.790. The van der Waals surface area contributed by atoms with Crippen molar-refractivity contribution in [2.45, 2.75) is 19.4 Å². The molecule has 0 saturated carbocycles. The van der Waals surface area contributed by atoms with Gasteiger partial charge in [0, 0.05) is 25.0 Å². The zero-order valence-electron chi connectivity index (χ0n) is 11.5. The minimum absolute atomic E-state index is 0.208. The van der Waals surface area contributed by atoms with Gasteiger partial charge in [-0.2, -0.15) is 0 Å². The molecule has 2 aromatic heterocycles. The van der Waals surface area contributed by atoms with E-state index in [1.165, 1.54) is 12.1 Å². The first-order valence-electron chi connectivity index (χ1n) is 6.87. The monoisotopic (exact) mass is 303 g/mol. The van der Waals surface area contributed by atoms with Gasteiger partial charge in [0.1, 0.15) is 17.2 Å². The number of halogens is 2. The van der Waals surface area contributed by atoms with Crippen molar-refractivity contribution < 1.29 is 4.39 Å². The summed E-state index contributed by atoms with van der Waals surface area (Å²) in [4.78, 5) is 8.69. The van der Waals surface area contributed by atoms with Crippen LogP contribution in [0.15, 0.2) is 42.7 Å². The third-order valence-corrected chi connectivity index (χ3v) is 3.67. The summed E-state index contributed by atoms with van der Waals surface area (Å²) in [7, 11) is 0. The lowest BCUT2D eigenvalue weighted by Gasteiger charge is -2.08. The highest BCUT2D eigenvalue weighted by Crippen LogP contribution is 2.17. The van der Waals surface area contributed by atoms with Crippen LogP contribution < -0.4 is 0 Å². The number of pyridine rings is 1. The summed E-state index contributed by atoms with van der Waals surface area (Å²) < 4.78 is 15.1. The molecule has 0 aliphatic heterocycles. The van der Waals surface area contributed by atoms with Crippen molar-refractivity contribution in [1.29, 1.82) is 0 Å². The fourth-order valence-corrected chi connectivity index (χ4v) is 2.62. The topological polar surface area (TPSA) is 30.7 Å². The molecule has 5 heteroatoms. The van der Waals surface area contributed by atoms with E-state index in [1.54, 1.807) is 12.4 Å². The third-order valence-electron chi connectivity index (χ3n) is 3.49. The van der Waals surface area contributed by atoms with Gasteiger partial charge in [0.25, 0.3) is 0 Å². The molecule has 1 aromatic carbocycles. The SMILES string of the molecule is Fc1ccc(CCn2c(CCCl)nc3cnccc32)cc1. The summed E-state index contributed by atoms with van der Waals surface area (Å²) in [5.74, 6) is 1.30. The quantitative estimate of drug-likeness (QED) is 0.674. The standard InChI is InChI=1S/C16H15ClFN3/c17-8-5-16-20-14-11-19-9-6-15(14)21(16)10-7-12-1-3-13(18)4-2-12/h1-4,6,9,11H,5,7-8,10H2. The maximum Gasteiger partial charge on any atom is 0.123 e. The number of fused-ring (bicyclic) bond motifs is 1. The Morgan fingerprint density at radius 1 is 1.10 bits per heavy atom. The van der Waals surface area contributed by atoms with E-state index < -0.39 is 0 Å². The zero-order chi connectivity index (χ0) is 14.7. The van der Waals surface area contributed by atoms with Crippen molar-refractivity contribution in [3.05, 3.63) is 59.9 Å². The smallest absolute Gasteiger partial charge is 0.123 e. The van der Waals surface area contributed by atoms with Gasteiger partial charge in [-0.15, -0.1) is 11.6 Å². The van der Waals surface area contributed by atoms with Crippen LogP contribution in [0.3, 0.4) is 0 Å². The maximum atomic E-state index is 12.9. The Hall–Kier alpha value is -1.94. The minimum atomic E-state index is -0.208. The van der Waals surface area contributed by atoms with Crippen LogP contribution in [0.25, 0.3) is 11.0 Å². The van der Waals surface area contributed by atoms with Crippen molar-refractivity contribution in [2.24, 2.45) is 0 Å². The second-order valence-corrected chi connectivity index (χ2v) is 5.24. The van der Waals surface area contributed by atoms with E-state index >= 15 is 0 Å². The molecular weight excluding hydrogens is 289 g/mol. The second-order valence-electron chi connectivity index (χ2n) is 4.86. The van der Waals surface area contributed by atoms with Crippen LogP contribution in [0.2, 0.25) is 0 Å². The van der Waals surface area contributed by atoms with Gasteiger partial charge in [0.2, 0.25) is 0 Å². The average molecular weight is 304 g/mol. The molecule has 0 spiro atoms. The van der Waals surface area contributed by atoms with Gasteiger partial charge in [-0.3, -0.25) is 4.98 Å². The number of imidazole rings is 1. The van der Waals surface area contributed by atoms with E-state index in [0.717, 1.165) is 41.8 Å². The van der Waals surface area contributed by atoms with Crippen LogP contribution >= 0.6 is 11.6 Å². The second kappa shape index (κ2) is 6.22. The first kappa shape index (κ1) is 14.0. The summed E-state index contributed by atoms with van der Waals surface area (Å²) in [5, 5.41) is 0. The van der Waals surface area contributed by atoms with Crippen molar-refractivity contribution in [3.8, 4) is 0 Å². The number of nitrogens with zero attached hydrogens (tertiary/aromatic N) is 3. The molecule has 0 N–H and O–H groups in total. The average Bonchev–Trinajstić information content (AvgIpc) is 2.85. The van der Waals surface area contributed by atoms with Crippen LogP contribution in [0.5, 0.6) is 0 Å². The third kappa shape index (κ3) is 3.05. The molecule has 0 atom stereocenters. The Morgan fingerprint density at radius 3 is 2.67 bits per heavy atom. The van der Waals surface area contributed by atoms with Gasteiger partial charge >= 0.3 is 0 Å². The Kier molecular flexibility index (Phi) is 4.15. The van der Waals surface area contributed by atoms with Crippen LogP contribution in [-0.4, -0.2) is 20.4 Å². The minimum Gasteiger partial charge on any atom is -0.328 e. The Labute approximate surface area is 127 Å². The van der Waals surface area contributed by atoms with Gasteiger partial charge in [0.15, 0.2) is 0 Å². The molecule has 0 aliphatic carbocycles. The number of benzene rings is 1. The molecule has 21 heavy (non-hydrogen) atoms. The summed E-state index contributed by atoms with van der Waals surface area (Å²) in [6, 6.07) is 8.58. The van der Waals surface area contributed by atoms with E-state index in [-0.39, 0.29) is 5.82 Å². The van der Waals surface area contributed by atoms with Gasteiger partial charge < -0.3 is 4.57 Å². The molecule has 3 nitrogen and oxygen atoms in total. The first-order chi connectivity index (χ1) is 10.3. The van der Waals surface area contributed by atoms with Crippen LogP contribution in [0.1, 0.15) is 11.4 Å². The van der Waals surface area contributed by atoms with Crippen LogP contribution in [0.4, 0.5) is 4.39 Å². The van der Waals surface area contributed by atoms with Crippen molar-refractivity contribution in [2.75, 3.05) is 5.88 Å². The summed E-state index contributed by atoms with van der Waals surface area (Å²) >= 11 is 5.86. The molecule has 0 saturated heterocycles. The Balaban J connectivity index is 1.87. The summed E-state index contributed by atoms with van der Waals surface area (Å²) in [5.41, 5.74) is 3.05. The lowest BCUT2D eigenvalue weighted by Crippen LogP contribution is -2.07. The lowest BCUT2D eigenvalue weighted by atomic mass is 10.1. The van der Waals surface area contributed by atoms with E-state index in [1.807, 2.05) is 18.2 Å². The molecule has 0 aliphatic rings. The number of aryl methyl sites for hydroxylation is 3. The van der Waals surface area contributed by atoms with Crippen LogP contribution in [0, 0.1) is 5.82 Å². The van der Waals surface area contributed by atoms with Crippen molar-refractivity contribution >= 4 is 22.6 Å². The number of hydrogen-bond acceptors (Lipinski definition) is 2. The van der Waals surface area contributed by atoms with Gasteiger partial charge in [-0.25, -0.2) is 9.37 Å². The highest BCUT2D eigenvalue weighted by atomic mass is 35.5. The van der Waals surface area contributed by atoms with Crippen molar-refractivity contribution in [1.82, 2.24) is 14.5 Å². The van der Waals surface area contributed by atoms with Gasteiger partial charge in [-0.05, 0) is 30.2 Å². The predicted octanol–water partition coefficient (Wildman–Crippen LogP) is 3.59. The number of hydrogen-bond donors (Lipinski definition) is 0. The number of rotatable bonds is 5.